The van der Waals surface area contributed by atoms with Gasteiger partial charge in [0.05, 0.1) is 0 Å². The zero-order chi connectivity index (χ0) is 16.8. The summed E-state index contributed by atoms with van der Waals surface area (Å²) < 4.78 is 0. The fourth-order valence-corrected chi connectivity index (χ4v) is 3.68. The van der Waals surface area contributed by atoms with Crippen LogP contribution in [0.25, 0.3) is 0 Å². The molecule has 1 saturated heterocycles. The zero-order valence-corrected chi connectivity index (χ0v) is 18.5. The van der Waals surface area contributed by atoms with E-state index in [0.717, 1.165) is 37.6 Å². The van der Waals surface area contributed by atoms with Gasteiger partial charge in [0.1, 0.15) is 0 Å². The third-order valence-electron chi connectivity index (χ3n) is 5.15. The maximum Gasteiger partial charge on any atom is 0.191 e. The van der Waals surface area contributed by atoms with Crippen molar-refractivity contribution in [2.45, 2.75) is 65.1 Å². The smallest absolute Gasteiger partial charge is 0.191 e. The molecule has 2 rings (SSSR count). The number of nitrogens with zero attached hydrogens (tertiary/aromatic N) is 3. The molecule has 1 aliphatic carbocycles. The number of hydrogen-bond acceptors (Lipinski definition) is 3. The Kier molecular flexibility index (Phi) is 9.89. The van der Waals surface area contributed by atoms with Crippen molar-refractivity contribution >= 4 is 29.9 Å². The van der Waals surface area contributed by atoms with Crippen LogP contribution >= 0.6 is 24.0 Å². The van der Waals surface area contributed by atoms with Gasteiger partial charge < -0.3 is 15.5 Å². The van der Waals surface area contributed by atoms with Gasteiger partial charge in [0.25, 0.3) is 0 Å². The number of likely N-dealkylation sites (tertiary alicyclic amines) is 1. The lowest BCUT2D eigenvalue weighted by Crippen LogP contribution is -2.46. The van der Waals surface area contributed by atoms with Crippen molar-refractivity contribution in [2.24, 2.45) is 10.9 Å². The van der Waals surface area contributed by atoms with Crippen LogP contribution in [-0.4, -0.2) is 73.7 Å². The van der Waals surface area contributed by atoms with Crippen molar-refractivity contribution in [3.8, 4) is 0 Å². The molecule has 0 aromatic carbocycles. The maximum absolute atomic E-state index is 4.36. The van der Waals surface area contributed by atoms with Crippen molar-refractivity contribution < 1.29 is 0 Å². The number of nitrogens with one attached hydrogen (secondary N) is 2. The summed E-state index contributed by atoms with van der Waals surface area (Å²) in [5.41, 5.74) is 0. The third-order valence-corrected chi connectivity index (χ3v) is 5.15. The van der Waals surface area contributed by atoms with Crippen LogP contribution in [-0.2, 0) is 0 Å². The monoisotopic (exact) mass is 451 g/mol. The molecule has 2 fully saturated rings. The van der Waals surface area contributed by atoms with E-state index in [0.29, 0.717) is 12.1 Å². The molecule has 5 nitrogen and oxygen atoms in total. The molecule has 1 aliphatic heterocycles. The van der Waals surface area contributed by atoms with E-state index in [2.05, 4.69) is 53.1 Å². The molecule has 0 aromatic rings. The SMILES string of the molecule is CN=C(NCCN(C(C)C)C(C)C)NCC1CCN(C2CC2)C1.I. The van der Waals surface area contributed by atoms with E-state index in [-0.39, 0.29) is 24.0 Å². The Bertz CT molecular complexity index is 374. The van der Waals surface area contributed by atoms with Crippen LogP contribution in [0, 0.1) is 5.92 Å². The number of halogens is 1. The first-order chi connectivity index (χ1) is 11.0. The summed E-state index contributed by atoms with van der Waals surface area (Å²) in [6.07, 6.45) is 4.17. The minimum absolute atomic E-state index is 0. The fourth-order valence-electron chi connectivity index (χ4n) is 3.68. The van der Waals surface area contributed by atoms with Crippen LogP contribution in [0.5, 0.6) is 0 Å². The minimum Gasteiger partial charge on any atom is -0.356 e. The van der Waals surface area contributed by atoms with E-state index in [1.165, 1.54) is 32.4 Å². The summed E-state index contributed by atoms with van der Waals surface area (Å²) in [6.45, 7) is 14.6. The molecular formula is C18H38IN5. The Labute approximate surface area is 166 Å². The average Bonchev–Trinajstić information content (AvgIpc) is 3.25. The van der Waals surface area contributed by atoms with Crippen molar-refractivity contribution in [2.75, 3.05) is 39.8 Å². The molecule has 1 atom stereocenters. The Morgan fingerprint density at radius 2 is 1.79 bits per heavy atom. The highest BCUT2D eigenvalue weighted by Gasteiger charge is 2.34. The highest BCUT2D eigenvalue weighted by atomic mass is 127. The summed E-state index contributed by atoms with van der Waals surface area (Å²) >= 11 is 0. The van der Waals surface area contributed by atoms with Gasteiger partial charge in [-0.15, -0.1) is 24.0 Å². The molecule has 2 aliphatic rings. The normalized spacial score (nSPS) is 22.3. The number of rotatable bonds is 8. The second-order valence-electron chi connectivity index (χ2n) is 7.69. The van der Waals surface area contributed by atoms with E-state index in [1.54, 1.807) is 0 Å². The number of guanidine groups is 1. The standard InChI is InChI=1S/C18H37N5.HI/c1-14(2)23(15(3)4)11-9-20-18(19-5)21-12-16-8-10-22(13-16)17-6-7-17;/h14-17H,6-13H2,1-5H3,(H2,19,20,21);1H. The molecule has 0 spiro atoms. The van der Waals surface area contributed by atoms with E-state index in [1.807, 2.05) is 7.05 Å². The lowest BCUT2D eigenvalue weighted by atomic mass is 10.1. The maximum atomic E-state index is 4.36. The fraction of sp³-hybridized carbons (Fsp3) is 0.944. The minimum atomic E-state index is 0. The van der Waals surface area contributed by atoms with Crippen molar-refractivity contribution in [3.05, 3.63) is 0 Å². The first-order valence-electron chi connectivity index (χ1n) is 9.45. The molecule has 142 valence electrons. The van der Waals surface area contributed by atoms with Gasteiger partial charge >= 0.3 is 0 Å². The molecule has 0 radical (unpaired) electrons. The molecule has 24 heavy (non-hydrogen) atoms. The van der Waals surface area contributed by atoms with Crippen LogP contribution in [0.3, 0.4) is 0 Å². The Morgan fingerprint density at radius 1 is 1.12 bits per heavy atom. The molecule has 1 heterocycles. The highest BCUT2D eigenvalue weighted by molar-refractivity contribution is 14.0. The number of hydrogen-bond donors (Lipinski definition) is 2. The van der Waals surface area contributed by atoms with Crippen molar-refractivity contribution in [3.63, 3.8) is 0 Å². The molecule has 0 amide bonds. The first-order valence-corrected chi connectivity index (χ1v) is 9.45. The van der Waals surface area contributed by atoms with Crippen molar-refractivity contribution in [1.82, 2.24) is 20.4 Å². The zero-order valence-electron chi connectivity index (χ0n) is 16.2. The molecule has 0 bridgehead atoms. The lowest BCUT2D eigenvalue weighted by molar-refractivity contribution is 0.178. The molecule has 1 unspecified atom stereocenters. The van der Waals surface area contributed by atoms with E-state index >= 15 is 0 Å². The van der Waals surface area contributed by atoms with Crippen LogP contribution in [0.2, 0.25) is 0 Å². The molecular weight excluding hydrogens is 413 g/mol. The predicted octanol–water partition coefficient (Wildman–Crippen LogP) is 2.37. The molecule has 6 heteroatoms. The second kappa shape index (κ2) is 10.8. The number of aliphatic imine (C=N–C) groups is 1. The summed E-state index contributed by atoms with van der Waals surface area (Å²) in [6, 6.07) is 2.08. The van der Waals surface area contributed by atoms with Crippen LogP contribution in [0.1, 0.15) is 47.0 Å². The summed E-state index contributed by atoms with van der Waals surface area (Å²) in [4.78, 5) is 9.54. The highest BCUT2D eigenvalue weighted by Crippen LogP contribution is 2.31. The van der Waals surface area contributed by atoms with Gasteiger partial charge in [-0.3, -0.25) is 9.89 Å². The third kappa shape index (κ3) is 7.04. The second-order valence-corrected chi connectivity index (χ2v) is 7.69. The lowest BCUT2D eigenvalue weighted by Gasteiger charge is -2.30. The predicted molar refractivity (Wildman–Crippen MR) is 114 cm³/mol. The Balaban J connectivity index is 0.00000288. The summed E-state index contributed by atoms with van der Waals surface area (Å²) in [5, 5.41) is 6.98. The molecule has 0 aromatic heterocycles. The quantitative estimate of drug-likeness (QED) is 0.338. The largest absolute Gasteiger partial charge is 0.356 e. The van der Waals surface area contributed by atoms with Gasteiger partial charge in [-0.25, -0.2) is 0 Å². The van der Waals surface area contributed by atoms with Crippen LogP contribution in [0.15, 0.2) is 4.99 Å². The van der Waals surface area contributed by atoms with Gasteiger partial charge in [0.2, 0.25) is 0 Å². The van der Waals surface area contributed by atoms with Gasteiger partial charge in [-0.05, 0) is 59.4 Å². The van der Waals surface area contributed by atoms with Crippen LogP contribution in [0.4, 0.5) is 0 Å². The van der Waals surface area contributed by atoms with Crippen molar-refractivity contribution in [1.29, 1.82) is 0 Å². The van der Waals surface area contributed by atoms with Gasteiger partial charge in [0, 0.05) is 51.4 Å². The first kappa shape index (κ1) is 22.0. The topological polar surface area (TPSA) is 42.9 Å². The van der Waals surface area contributed by atoms with Gasteiger partial charge in [0.15, 0.2) is 5.96 Å². The Hall–Kier alpha value is -0.0800. The van der Waals surface area contributed by atoms with E-state index in [4.69, 9.17) is 0 Å². The molecule has 2 N–H and O–H groups in total. The van der Waals surface area contributed by atoms with Gasteiger partial charge in [-0.2, -0.15) is 0 Å². The summed E-state index contributed by atoms with van der Waals surface area (Å²) in [5.74, 6) is 1.72. The van der Waals surface area contributed by atoms with E-state index < -0.39 is 0 Å². The average molecular weight is 451 g/mol. The Morgan fingerprint density at radius 3 is 2.33 bits per heavy atom. The van der Waals surface area contributed by atoms with E-state index in [9.17, 15) is 0 Å². The van der Waals surface area contributed by atoms with Gasteiger partial charge in [-0.1, -0.05) is 0 Å². The molecule has 1 saturated carbocycles. The van der Waals surface area contributed by atoms with Crippen LogP contribution < -0.4 is 10.6 Å². The summed E-state index contributed by atoms with van der Waals surface area (Å²) in [7, 11) is 1.86.